The van der Waals surface area contributed by atoms with Crippen molar-refractivity contribution in [2.45, 2.75) is 58.7 Å². The number of fused-ring (bicyclic) bond motifs is 2. The number of ether oxygens (including phenoxy) is 2. The van der Waals surface area contributed by atoms with Gasteiger partial charge in [0.15, 0.2) is 0 Å². The van der Waals surface area contributed by atoms with Crippen LogP contribution in [0.3, 0.4) is 0 Å². The second-order valence-corrected chi connectivity index (χ2v) is 9.30. The zero-order valence-corrected chi connectivity index (χ0v) is 20.3. The molecule has 35 heavy (non-hydrogen) atoms. The molecular formula is C24H31FN6O4. The van der Waals surface area contributed by atoms with Gasteiger partial charge in [0.2, 0.25) is 11.8 Å². The predicted molar refractivity (Wildman–Crippen MR) is 127 cm³/mol. The van der Waals surface area contributed by atoms with Crippen molar-refractivity contribution in [2.75, 3.05) is 18.5 Å². The van der Waals surface area contributed by atoms with Gasteiger partial charge < -0.3 is 19.7 Å². The number of hydrogen-bond acceptors (Lipinski definition) is 7. The number of aromatic nitrogens is 2. The topological polar surface area (TPSA) is 118 Å². The molecule has 1 aromatic heterocycles. The molecule has 2 bridgehead atoms. The SMILES string of the molecule is Cc1ccc(Nc2ncnc(OC3CC4COCC(C3)N4C(=O)NNC(=O)C(C)C)c2C)c(F)c1. The van der Waals surface area contributed by atoms with Crippen molar-refractivity contribution >= 4 is 23.4 Å². The molecule has 3 amide bonds. The first kappa shape index (κ1) is 24.6. The molecule has 4 rings (SSSR count). The monoisotopic (exact) mass is 486 g/mol. The van der Waals surface area contributed by atoms with Crippen molar-refractivity contribution in [2.24, 2.45) is 5.92 Å². The normalized spacial score (nSPS) is 21.4. The molecule has 2 aromatic rings. The molecule has 10 nitrogen and oxygen atoms in total. The summed E-state index contributed by atoms with van der Waals surface area (Å²) < 4.78 is 26.2. The molecule has 2 unspecified atom stereocenters. The molecule has 3 heterocycles. The molecule has 0 spiro atoms. The van der Waals surface area contributed by atoms with Crippen LogP contribution in [-0.4, -0.2) is 58.2 Å². The van der Waals surface area contributed by atoms with Crippen molar-refractivity contribution in [1.82, 2.24) is 25.7 Å². The van der Waals surface area contributed by atoms with Crippen LogP contribution in [0.25, 0.3) is 0 Å². The van der Waals surface area contributed by atoms with Gasteiger partial charge in [-0.3, -0.25) is 10.2 Å². The lowest BCUT2D eigenvalue weighted by molar-refractivity contribution is -0.125. The van der Waals surface area contributed by atoms with Gasteiger partial charge in [0, 0.05) is 18.8 Å². The summed E-state index contributed by atoms with van der Waals surface area (Å²) in [6.07, 6.45) is 2.27. The first-order valence-corrected chi connectivity index (χ1v) is 11.7. The van der Waals surface area contributed by atoms with Crippen LogP contribution in [0.4, 0.5) is 20.7 Å². The Labute approximate surface area is 203 Å². The largest absolute Gasteiger partial charge is 0.474 e. The average Bonchev–Trinajstić information content (AvgIpc) is 2.80. The minimum absolute atomic E-state index is 0.194. The number of carbonyl (C=O) groups is 2. The molecule has 0 radical (unpaired) electrons. The Bertz CT molecular complexity index is 1080. The van der Waals surface area contributed by atoms with Crippen LogP contribution in [0.5, 0.6) is 5.88 Å². The molecule has 2 fully saturated rings. The molecule has 0 aliphatic carbocycles. The predicted octanol–water partition coefficient (Wildman–Crippen LogP) is 2.98. The van der Waals surface area contributed by atoms with Gasteiger partial charge in [0.05, 0.1) is 36.5 Å². The van der Waals surface area contributed by atoms with E-state index in [1.807, 2.05) is 19.9 Å². The number of anilines is 2. The van der Waals surface area contributed by atoms with Gasteiger partial charge in [-0.15, -0.1) is 0 Å². The molecule has 2 saturated heterocycles. The first-order valence-electron chi connectivity index (χ1n) is 11.7. The van der Waals surface area contributed by atoms with Crippen LogP contribution in [0.2, 0.25) is 0 Å². The van der Waals surface area contributed by atoms with Gasteiger partial charge in [-0.1, -0.05) is 19.9 Å². The van der Waals surface area contributed by atoms with Crippen LogP contribution in [0.15, 0.2) is 24.5 Å². The Hall–Kier alpha value is -3.47. The highest BCUT2D eigenvalue weighted by Gasteiger charge is 2.43. The molecule has 0 saturated carbocycles. The molecule has 188 valence electrons. The number of hydrogen-bond donors (Lipinski definition) is 3. The van der Waals surface area contributed by atoms with E-state index in [2.05, 4.69) is 26.1 Å². The Morgan fingerprint density at radius 3 is 2.51 bits per heavy atom. The summed E-state index contributed by atoms with van der Waals surface area (Å²) in [6.45, 7) is 7.90. The maximum Gasteiger partial charge on any atom is 0.336 e. The highest BCUT2D eigenvalue weighted by atomic mass is 19.1. The van der Waals surface area contributed by atoms with E-state index >= 15 is 0 Å². The standard InChI is InChI=1S/C24H31FN6O4/c1-13(2)22(32)29-30-24(33)31-16-8-18(9-17(31)11-34-10-16)35-23-15(4)21(26-12-27-23)28-20-6-5-14(3)7-19(20)25/h5-7,12-13,16-18H,8-11H2,1-4H3,(H,29,32)(H,30,33)(H,26,27,28). The molecule has 2 atom stereocenters. The number of nitrogens with one attached hydrogen (secondary N) is 3. The Balaban J connectivity index is 1.42. The highest BCUT2D eigenvalue weighted by molar-refractivity contribution is 5.82. The van der Waals surface area contributed by atoms with Crippen LogP contribution < -0.4 is 20.9 Å². The van der Waals surface area contributed by atoms with Gasteiger partial charge in [-0.05, 0) is 31.5 Å². The third-order valence-corrected chi connectivity index (χ3v) is 6.22. The number of piperidine rings is 1. The fraction of sp³-hybridized carbons (Fsp3) is 0.500. The molecular weight excluding hydrogens is 455 g/mol. The van der Waals surface area contributed by atoms with Gasteiger partial charge in [0.1, 0.15) is 24.1 Å². The van der Waals surface area contributed by atoms with Crippen LogP contribution >= 0.6 is 0 Å². The molecule has 2 aliphatic rings. The number of nitrogens with zero attached hydrogens (tertiary/aromatic N) is 3. The molecule has 2 aliphatic heterocycles. The maximum atomic E-state index is 14.3. The van der Waals surface area contributed by atoms with Crippen molar-refractivity contribution < 1.29 is 23.5 Å². The summed E-state index contributed by atoms with van der Waals surface area (Å²) in [4.78, 5) is 34.8. The van der Waals surface area contributed by atoms with Crippen LogP contribution in [-0.2, 0) is 9.53 Å². The van der Waals surface area contributed by atoms with Gasteiger partial charge in [0.25, 0.3) is 0 Å². The van der Waals surface area contributed by atoms with E-state index in [4.69, 9.17) is 9.47 Å². The fourth-order valence-electron chi connectivity index (χ4n) is 4.30. The number of benzene rings is 1. The number of aryl methyl sites for hydroxylation is 1. The third kappa shape index (κ3) is 5.61. The average molecular weight is 487 g/mol. The van der Waals surface area contributed by atoms with Crippen LogP contribution in [0, 0.1) is 25.6 Å². The number of hydrazine groups is 1. The van der Waals surface area contributed by atoms with Crippen molar-refractivity contribution in [1.29, 1.82) is 0 Å². The second-order valence-electron chi connectivity index (χ2n) is 9.30. The van der Waals surface area contributed by atoms with E-state index < -0.39 is 0 Å². The fourth-order valence-corrected chi connectivity index (χ4v) is 4.30. The summed E-state index contributed by atoms with van der Waals surface area (Å²) in [6, 6.07) is 4.17. The summed E-state index contributed by atoms with van der Waals surface area (Å²) in [5.41, 5.74) is 6.77. The molecule has 1 aromatic carbocycles. The zero-order valence-electron chi connectivity index (χ0n) is 20.3. The minimum atomic E-state index is -0.367. The number of carbonyl (C=O) groups excluding carboxylic acids is 2. The zero-order chi connectivity index (χ0) is 25.1. The number of rotatable bonds is 5. The van der Waals surface area contributed by atoms with Crippen LogP contribution in [0.1, 0.15) is 37.8 Å². The van der Waals surface area contributed by atoms with E-state index in [9.17, 15) is 14.0 Å². The lowest BCUT2D eigenvalue weighted by Crippen LogP contribution is -2.64. The minimum Gasteiger partial charge on any atom is -0.474 e. The van der Waals surface area contributed by atoms with E-state index in [0.717, 1.165) is 5.56 Å². The number of halogens is 1. The van der Waals surface area contributed by atoms with Gasteiger partial charge in [-0.25, -0.2) is 24.6 Å². The van der Waals surface area contributed by atoms with Gasteiger partial charge >= 0.3 is 6.03 Å². The van der Waals surface area contributed by atoms with E-state index in [0.29, 0.717) is 49.0 Å². The smallest absolute Gasteiger partial charge is 0.336 e. The lowest BCUT2D eigenvalue weighted by atomic mass is 9.92. The maximum absolute atomic E-state index is 14.3. The Kier molecular flexibility index (Phi) is 7.34. The van der Waals surface area contributed by atoms with Crippen molar-refractivity contribution in [3.63, 3.8) is 0 Å². The third-order valence-electron chi connectivity index (χ3n) is 6.22. The summed E-state index contributed by atoms with van der Waals surface area (Å²) in [7, 11) is 0. The number of amides is 3. The molecule has 3 N–H and O–H groups in total. The van der Waals surface area contributed by atoms with Crippen molar-refractivity contribution in [3.8, 4) is 5.88 Å². The summed E-state index contributed by atoms with van der Waals surface area (Å²) in [5.74, 6) is -0.00367. The Morgan fingerprint density at radius 1 is 1.14 bits per heavy atom. The quantitative estimate of drug-likeness (QED) is 0.556. The highest BCUT2D eigenvalue weighted by Crippen LogP contribution is 2.32. The van der Waals surface area contributed by atoms with Gasteiger partial charge in [-0.2, -0.15) is 0 Å². The lowest BCUT2D eigenvalue weighted by Gasteiger charge is -2.47. The van der Waals surface area contributed by atoms with Crippen molar-refractivity contribution in [3.05, 3.63) is 41.5 Å². The Morgan fingerprint density at radius 2 is 1.86 bits per heavy atom. The van der Waals surface area contributed by atoms with E-state index in [1.54, 1.807) is 24.8 Å². The first-order chi connectivity index (χ1) is 16.7. The molecule has 11 heteroatoms. The number of urea groups is 1. The van der Waals surface area contributed by atoms with E-state index in [-0.39, 0.29) is 41.9 Å². The number of morpholine rings is 1. The summed E-state index contributed by atoms with van der Waals surface area (Å²) >= 11 is 0. The van der Waals surface area contributed by atoms with E-state index in [1.165, 1.54) is 12.4 Å². The second kappa shape index (κ2) is 10.4. The summed E-state index contributed by atoms with van der Waals surface area (Å²) in [5, 5.41) is 3.02.